The minimum Gasteiger partial charge on any atom is -0.312 e. The third kappa shape index (κ3) is 6.47. The SMILES string of the molecule is CCS(=O)(=O)C1CSCCN1C(C)CCCNC(C)(C)C. The van der Waals surface area contributed by atoms with Gasteiger partial charge in [-0.2, -0.15) is 11.8 Å². The van der Waals surface area contributed by atoms with Crippen LogP contribution in [-0.2, 0) is 9.84 Å². The third-order valence-electron chi connectivity index (χ3n) is 3.96. The van der Waals surface area contributed by atoms with Crippen LogP contribution in [0.1, 0.15) is 47.5 Å². The molecule has 1 rings (SSSR count). The summed E-state index contributed by atoms with van der Waals surface area (Å²) in [6.07, 6.45) is 2.13. The molecule has 0 saturated carbocycles. The summed E-state index contributed by atoms with van der Waals surface area (Å²) in [7, 11) is -2.98. The average molecular weight is 337 g/mol. The Balaban J connectivity index is 2.52. The van der Waals surface area contributed by atoms with Crippen LogP contribution in [0.4, 0.5) is 0 Å². The molecule has 0 bridgehead atoms. The Bertz CT molecular complexity index is 404. The highest BCUT2D eigenvalue weighted by molar-refractivity contribution is 8.01. The summed E-state index contributed by atoms with van der Waals surface area (Å²) in [5.74, 6) is 2.01. The van der Waals surface area contributed by atoms with Crippen LogP contribution >= 0.6 is 11.8 Å². The summed E-state index contributed by atoms with van der Waals surface area (Å²) < 4.78 is 24.5. The fourth-order valence-electron chi connectivity index (χ4n) is 2.63. The Hall–Kier alpha value is 0.220. The quantitative estimate of drug-likeness (QED) is 0.723. The topological polar surface area (TPSA) is 49.4 Å². The first-order valence-electron chi connectivity index (χ1n) is 7.97. The maximum absolute atomic E-state index is 12.3. The van der Waals surface area contributed by atoms with Crippen molar-refractivity contribution >= 4 is 21.6 Å². The number of thioether (sulfide) groups is 1. The number of rotatable bonds is 7. The molecule has 1 fully saturated rings. The van der Waals surface area contributed by atoms with Gasteiger partial charge in [-0.25, -0.2) is 8.42 Å². The Morgan fingerprint density at radius 3 is 2.62 bits per heavy atom. The molecule has 0 aliphatic carbocycles. The van der Waals surface area contributed by atoms with Gasteiger partial charge in [0.15, 0.2) is 9.84 Å². The number of sulfone groups is 1. The molecule has 2 atom stereocenters. The molecule has 0 aromatic heterocycles. The summed E-state index contributed by atoms with van der Waals surface area (Å²) in [5.41, 5.74) is 0.152. The van der Waals surface area contributed by atoms with E-state index in [2.05, 4.69) is 37.9 Å². The summed E-state index contributed by atoms with van der Waals surface area (Å²) in [5, 5.41) is 3.21. The van der Waals surface area contributed by atoms with E-state index < -0.39 is 9.84 Å². The van der Waals surface area contributed by atoms with Gasteiger partial charge < -0.3 is 5.32 Å². The molecule has 126 valence electrons. The lowest BCUT2D eigenvalue weighted by Gasteiger charge is -2.39. The molecular formula is C15H32N2O2S2. The van der Waals surface area contributed by atoms with Gasteiger partial charge in [-0.05, 0) is 47.1 Å². The molecular weight excluding hydrogens is 304 g/mol. The minimum absolute atomic E-state index is 0.152. The van der Waals surface area contributed by atoms with Crippen molar-refractivity contribution in [1.82, 2.24) is 10.2 Å². The van der Waals surface area contributed by atoms with Gasteiger partial charge in [0, 0.05) is 35.4 Å². The fourth-order valence-corrected chi connectivity index (χ4v) is 5.76. The van der Waals surface area contributed by atoms with E-state index in [1.54, 1.807) is 18.7 Å². The molecule has 1 aliphatic rings. The normalized spacial score (nSPS) is 23.2. The van der Waals surface area contributed by atoms with E-state index in [0.717, 1.165) is 37.4 Å². The van der Waals surface area contributed by atoms with Gasteiger partial charge in [-0.1, -0.05) is 6.92 Å². The van der Waals surface area contributed by atoms with Gasteiger partial charge in [-0.3, -0.25) is 4.90 Å². The zero-order valence-electron chi connectivity index (χ0n) is 14.2. The Kier molecular flexibility index (Phi) is 7.50. The number of hydrogen-bond acceptors (Lipinski definition) is 5. The molecule has 21 heavy (non-hydrogen) atoms. The van der Waals surface area contributed by atoms with Crippen molar-refractivity contribution in [3.8, 4) is 0 Å². The molecule has 0 amide bonds. The van der Waals surface area contributed by atoms with Crippen LogP contribution in [0.3, 0.4) is 0 Å². The Morgan fingerprint density at radius 2 is 2.05 bits per heavy atom. The first kappa shape index (κ1) is 19.3. The lowest BCUT2D eigenvalue weighted by atomic mass is 10.1. The highest BCUT2D eigenvalue weighted by atomic mass is 32.2. The van der Waals surface area contributed by atoms with Gasteiger partial charge in [0.05, 0.1) is 0 Å². The minimum atomic E-state index is -2.98. The van der Waals surface area contributed by atoms with Crippen LogP contribution in [0, 0.1) is 0 Å². The summed E-state index contributed by atoms with van der Waals surface area (Å²) in [4.78, 5) is 2.21. The molecule has 1 saturated heterocycles. The van der Waals surface area contributed by atoms with Crippen LogP contribution in [0.25, 0.3) is 0 Å². The predicted octanol–water partition coefficient (Wildman–Crippen LogP) is 2.35. The van der Waals surface area contributed by atoms with E-state index in [1.165, 1.54) is 0 Å². The van der Waals surface area contributed by atoms with Crippen LogP contribution in [0.2, 0.25) is 0 Å². The zero-order chi connectivity index (χ0) is 16.1. The highest BCUT2D eigenvalue weighted by Crippen LogP contribution is 2.24. The smallest absolute Gasteiger partial charge is 0.166 e. The lowest BCUT2D eigenvalue weighted by molar-refractivity contribution is 0.192. The predicted molar refractivity (Wildman–Crippen MR) is 93.7 cm³/mol. The van der Waals surface area contributed by atoms with E-state index in [0.29, 0.717) is 6.04 Å². The number of nitrogens with zero attached hydrogens (tertiary/aromatic N) is 1. The van der Waals surface area contributed by atoms with Gasteiger partial charge >= 0.3 is 0 Å². The van der Waals surface area contributed by atoms with Crippen molar-refractivity contribution in [2.45, 2.75) is 64.4 Å². The Labute approximate surface area is 135 Å². The lowest BCUT2D eigenvalue weighted by Crippen LogP contribution is -2.51. The van der Waals surface area contributed by atoms with Crippen LogP contribution in [-0.4, -0.2) is 60.6 Å². The molecule has 1 aliphatic heterocycles. The second-order valence-electron chi connectivity index (χ2n) is 6.89. The first-order valence-corrected chi connectivity index (χ1v) is 10.8. The van der Waals surface area contributed by atoms with Crippen molar-refractivity contribution in [3.63, 3.8) is 0 Å². The highest BCUT2D eigenvalue weighted by Gasteiger charge is 2.35. The van der Waals surface area contributed by atoms with Gasteiger partial charge in [0.1, 0.15) is 5.37 Å². The van der Waals surface area contributed by atoms with Crippen molar-refractivity contribution in [2.24, 2.45) is 0 Å². The standard InChI is InChI=1S/C15H32N2O2S2/c1-6-21(18,19)14-12-20-11-10-17(14)13(2)8-7-9-16-15(3,4)5/h13-14,16H,6-12H2,1-5H3. The van der Waals surface area contributed by atoms with Crippen molar-refractivity contribution in [1.29, 1.82) is 0 Å². The van der Waals surface area contributed by atoms with E-state index in [9.17, 15) is 8.42 Å². The van der Waals surface area contributed by atoms with Gasteiger partial charge in [0.2, 0.25) is 0 Å². The van der Waals surface area contributed by atoms with E-state index in [1.807, 2.05) is 0 Å². The van der Waals surface area contributed by atoms with Crippen LogP contribution in [0.15, 0.2) is 0 Å². The molecule has 0 radical (unpaired) electrons. The van der Waals surface area contributed by atoms with Crippen LogP contribution < -0.4 is 5.32 Å². The van der Waals surface area contributed by atoms with Crippen molar-refractivity contribution < 1.29 is 8.42 Å². The first-order chi connectivity index (χ1) is 9.67. The van der Waals surface area contributed by atoms with E-state index in [-0.39, 0.29) is 16.7 Å². The van der Waals surface area contributed by atoms with E-state index in [4.69, 9.17) is 0 Å². The van der Waals surface area contributed by atoms with E-state index >= 15 is 0 Å². The molecule has 1 heterocycles. The second-order valence-corrected chi connectivity index (χ2v) is 10.5. The van der Waals surface area contributed by atoms with Crippen molar-refractivity contribution in [3.05, 3.63) is 0 Å². The number of nitrogens with one attached hydrogen (secondary N) is 1. The van der Waals surface area contributed by atoms with Gasteiger partial charge in [0.25, 0.3) is 0 Å². The largest absolute Gasteiger partial charge is 0.312 e. The average Bonchev–Trinajstić information content (AvgIpc) is 2.42. The molecule has 4 nitrogen and oxygen atoms in total. The van der Waals surface area contributed by atoms with Crippen molar-refractivity contribution in [2.75, 3.05) is 30.3 Å². The second kappa shape index (κ2) is 8.18. The summed E-state index contributed by atoms with van der Waals surface area (Å²) >= 11 is 1.76. The summed E-state index contributed by atoms with van der Waals surface area (Å²) in [6.45, 7) is 12.3. The van der Waals surface area contributed by atoms with Gasteiger partial charge in [-0.15, -0.1) is 0 Å². The number of hydrogen-bond donors (Lipinski definition) is 1. The zero-order valence-corrected chi connectivity index (χ0v) is 15.8. The molecule has 6 heteroatoms. The maximum Gasteiger partial charge on any atom is 0.166 e. The molecule has 0 aromatic rings. The van der Waals surface area contributed by atoms with Crippen LogP contribution in [0.5, 0.6) is 0 Å². The Morgan fingerprint density at radius 1 is 1.38 bits per heavy atom. The monoisotopic (exact) mass is 336 g/mol. The third-order valence-corrected chi connectivity index (χ3v) is 7.27. The molecule has 2 unspecified atom stereocenters. The fraction of sp³-hybridized carbons (Fsp3) is 1.00. The molecule has 1 N–H and O–H groups in total. The summed E-state index contributed by atoms with van der Waals surface area (Å²) in [6, 6.07) is 0.332. The molecule has 0 spiro atoms. The molecule has 0 aromatic carbocycles. The maximum atomic E-state index is 12.3.